The molecular formula is C12H9BrFN3O3. The number of anilines is 1. The Labute approximate surface area is 121 Å². The van der Waals surface area contributed by atoms with E-state index in [0.29, 0.717) is 10.2 Å². The Bertz CT molecular complexity index is 694. The van der Waals surface area contributed by atoms with Crippen LogP contribution in [0.4, 0.5) is 15.8 Å². The van der Waals surface area contributed by atoms with Crippen LogP contribution in [0.5, 0.6) is 11.6 Å². The van der Waals surface area contributed by atoms with E-state index in [-0.39, 0.29) is 22.9 Å². The largest absolute Gasteiger partial charge is 0.435 e. The molecule has 0 bridgehead atoms. The summed E-state index contributed by atoms with van der Waals surface area (Å²) in [5, 5.41) is 10.7. The van der Waals surface area contributed by atoms with E-state index in [1.807, 2.05) is 0 Å². The summed E-state index contributed by atoms with van der Waals surface area (Å²) in [6.45, 7) is 1.50. The Balaban J connectivity index is 2.39. The summed E-state index contributed by atoms with van der Waals surface area (Å²) in [4.78, 5) is 14.0. The van der Waals surface area contributed by atoms with Gasteiger partial charge in [-0.05, 0) is 35.0 Å². The average molecular weight is 342 g/mol. The van der Waals surface area contributed by atoms with E-state index in [2.05, 4.69) is 20.9 Å². The fraction of sp³-hybridized carbons (Fsp3) is 0.0833. The molecule has 0 aliphatic rings. The van der Waals surface area contributed by atoms with Crippen LogP contribution in [0, 0.1) is 22.9 Å². The van der Waals surface area contributed by atoms with Gasteiger partial charge in [0.15, 0.2) is 11.6 Å². The molecule has 20 heavy (non-hydrogen) atoms. The maximum Gasteiger partial charge on any atom is 0.275 e. The lowest BCUT2D eigenvalue weighted by Gasteiger charge is -2.09. The van der Waals surface area contributed by atoms with E-state index in [0.717, 1.165) is 6.07 Å². The molecule has 6 nitrogen and oxygen atoms in total. The van der Waals surface area contributed by atoms with Gasteiger partial charge in [-0.1, -0.05) is 0 Å². The number of benzene rings is 1. The molecular weight excluding hydrogens is 333 g/mol. The summed E-state index contributed by atoms with van der Waals surface area (Å²) in [6, 6.07) is 3.62. The van der Waals surface area contributed by atoms with Gasteiger partial charge in [0.25, 0.3) is 5.69 Å². The third-order valence-electron chi connectivity index (χ3n) is 2.48. The van der Waals surface area contributed by atoms with Crippen molar-refractivity contribution in [1.82, 2.24) is 4.98 Å². The normalized spacial score (nSPS) is 10.3. The van der Waals surface area contributed by atoms with Crippen molar-refractivity contribution in [2.45, 2.75) is 6.92 Å². The molecule has 2 N–H and O–H groups in total. The number of pyridine rings is 1. The summed E-state index contributed by atoms with van der Waals surface area (Å²) in [5.74, 6) is -0.870. The van der Waals surface area contributed by atoms with Gasteiger partial charge in [0, 0.05) is 5.56 Å². The van der Waals surface area contributed by atoms with Crippen molar-refractivity contribution in [3.63, 3.8) is 0 Å². The van der Waals surface area contributed by atoms with Crippen LogP contribution in [0.25, 0.3) is 0 Å². The van der Waals surface area contributed by atoms with Crippen molar-refractivity contribution >= 4 is 27.3 Å². The van der Waals surface area contributed by atoms with E-state index >= 15 is 0 Å². The van der Waals surface area contributed by atoms with E-state index in [1.165, 1.54) is 19.2 Å². The van der Waals surface area contributed by atoms with Gasteiger partial charge in [0.05, 0.1) is 27.3 Å². The highest BCUT2D eigenvalue weighted by atomic mass is 79.9. The number of ether oxygens (including phenoxy) is 1. The molecule has 0 aliphatic carbocycles. The third kappa shape index (κ3) is 2.85. The number of nitrogens with zero attached hydrogens (tertiary/aromatic N) is 2. The predicted octanol–water partition coefficient (Wildman–Crippen LogP) is 3.57. The Kier molecular flexibility index (Phi) is 3.84. The Morgan fingerprint density at radius 3 is 2.75 bits per heavy atom. The SMILES string of the molecule is Cc1cc(Oc2ncc(N)cc2Br)c(F)cc1[N+](=O)[O-]. The predicted molar refractivity (Wildman–Crippen MR) is 74.2 cm³/mol. The van der Waals surface area contributed by atoms with Crippen molar-refractivity contribution in [3.8, 4) is 11.6 Å². The second-order valence-corrected chi connectivity index (χ2v) is 4.84. The summed E-state index contributed by atoms with van der Waals surface area (Å²) in [7, 11) is 0. The molecule has 0 saturated heterocycles. The van der Waals surface area contributed by atoms with E-state index in [1.54, 1.807) is 6.07 Å². The van der Waals surface area contributed by atoms with Crippen molar-refractivity contribution in [3.05, 3.63) is 50.4 Å². The van der Waals surface area contributed by atoms with Crippen molar-refractivity contribution < 1.29 is 14.1 Å². The van der Waals surface area contributed by atoms with Gasteiger partial charge < -0.3 is 10.5 Å². The van der Waals surface area contributed by atoms with Crippen LogP contribution < -0.4 is 10.5 Å². The highest BCUT2D eigenvalue weighted by Crippen LogP contribution is 2.33. The molecule has 0 spiro atoms. The van der Waals surface area contributed by atoms with Crippen molar-refractivity contribution in [2.75, 3.05) is 5.73 Å². The Morgan fingerprint density at radius 2 is 2.15 bits per heavy atom. The van der Waals surface area contributed by atoms with Gasteiger partial charge in [-0.3, -0.25) is 10.1 Å². The zero-order chi connectivity index (χ0) is 14.9. The molecule has 1 heterocycles. The molecule has 0 atom stereocenters. The van der Waals surface area contributed by atoms with Gasteiger partial charge >= 0.3 is 0 Å². The first-order chi connectivity index (χ1) is 9.38. The fourth-order valence-corrected chi connectivity index (χ4v) is 1.99. The minimum Gasteiger partial charge on any atom is -0.435 e. The number of nitrogens with two attached hydrogens (primary N) is 1. The molecule has 1 aromatic carbocycles. The molecule has 0 fully saturated rings. The van der Waals surface area contributed by atoms with Crippen LogP contribution in [0.1, 0.15) is 5.56 Å². The van der Waals surface area contributed by atoms with Crippen LogP contribution in [0.2, 0.25) is 0 Å². The molecule has 1 aromatic heterocycles. The number of nitro groups is 1. The number of hydrogen-bond acceptors (Lipinski definition) is 5. The molecule has 2 rings (SSSR count). The maximum absolute atomic E-state index is 13.8. The molecule has 0 saturated carbocycles. The summed E-state index contributed by atoms with van der Waals surface area (Å²) >= 11 is 3.19. The molecule has 8 heteroatoms. The zero-order valence-corrected chi connectivity index (χ0v) is 11.8. The number of aryl methyl sites for hydroxylation is 1. The van der Waals surface area contributed by atoms with E-state index in [4.69, 9.17) is 10.5 Å². The highest BCUT2D eigenvalue weighted by Gasteiger charge is 2.17. The smallest absolute Gasteiger partial charge is 0.275 e. The number of nitro benzene ring substituents is 1. The molecule has 0 aliphatic heterocycles. The van der Waals surface area contributed by atoms with Gasteiger partial charge in [0.1, 0.15) is 0 Å². The molecule has 0 amide bonds. The topological polar surface area (TPSA) is 91.3 Å². The first kappa shape index (κ1) is 14.2. The molecule has 0 radical (unpaired) electrons. The highest BCUT2D eigenvalue weighted by molar-refractivity contribution is 9.10. The summed E-state index contributed by atoms with van der Waals surface area (Å²) in [5.41, 5.74) is 5.94. The Hall–Kier alpha value is -2.22. The van der Waals surface area contributed by atoms with Crippen LogP contribution in [-0.4, -0.2) is 9.91 Å². The number of rotatable bonds is 3. The van der Waals surface area contributed by atoms with Gasteiger partial charge in [-0.25, -0.2) is 9.37 Å². The first-order valence-corrected chi connectivity index (χ1v) is 6.21. The number of halogens is 2. The fourth-order valence-electron chi connectivity index (χ4n) is 1.54. The number of hydrogen-bond donors (Lipinski definition) is 1. The second-order valence-electron chi connectivity index (χ2n) is 3.98. The lowest BCUT2D eigenvalue weighted by atomic mass is 10.2. The standard InChI is InChI=1S/C12H9BrFN3O3/c1-6-2-11(9(14)4-10(6)17(18)19)20-12-8(13)3-7(15)5-16-12/h2-5H,15H2,1H3. The molecule has 2 aromatic rings. The average Bonchev–Trinajstić information content (AvgIpc) is 2.36. The minimum atomic E-state index is -0.840. The van der Waals surface area contributed by atoms with E-state index in [9.17, 15) is 14.5 Å². The van der Waals surface area contributed by atoms with Crippen molar-refractivity contribution in [2.24, 2.45) is 0 Å². The minimum absolute atomic E-state index is 0.117. The summed E-state index contributed by atoms with van der Waals surface area (Å²) in [6.07, 6.45) is 1.36. The summed E-state index contributed by atoms with van der Waals surface area (Å²) < 4.78 is 19.5. The van der Waals surface area contributed by atoms with Crippen LogP contribution in [-0.2, 0) is 0 Å². The van der Waals surface area contributed by atoms with Gasteiger partial charge in [-0.2, -0.15) is 0 Å². The number of aromatic nitrogens is 1. The van der Waals surface area contributed by atoms with Crippen molar-refractivity contribution in [1.29, 1.82) is 0 Å². The molecule has 0 unspecified atom stereocenters. The maximum atomic E-state index is 13.8. The second kappa shape index (κ2) is 5.41. The van der Waals surface area contributed by atoms with Gasteiger partial charge in [-0.15, -0.1) is 0 Å². The zero-order valence-electron chi connectivity index (χ0n) is 10.3. The van der Waals surface area contributed by atoms with Crippen LogP contribution in [0.15, 0.2) is 28.9 Å². The number of nitrogen functional groups attached to an aromatic ring is 1. The lowest BCUT2D eigenvalue weighted by Crippen LogP contribution is -1.97. The van der Waals surface area contributed by atoms with Gasteiger partial charge in [0.2, 0.25) is 5.88 Å². The quantitative estimate of drug-likeness (QED) is 0.680. The Morgan fingerprint density at radius 1 is 1.45 bits per heavy atom. The van der Waals surface area contributed by atoms with E-state index < -0.39 is 10.7 Å². The van der Waals surface area contributed by atoms with Crippen LogP contribution >= 0.6 is 15.9 Å². The van der Waals surface area contributed by atoms with Crippen LogP contribution in [0.3, 0.4) is 0 Å². The monoisotopic (exact) mass is 341 g/mol. The first-order valence-electron chi connectivity index (χ1n) is 5.42. The molecule has 104 valence electrons. The third-order valence-corrected chi connectivity index (χ3v) is 3.05. The lowest BCUT2D eigenvalue weighted by molar-refractivity contribution is -0.385.